The minimum absolute atomic E-state index is 0.191. The van der Waals surface area contributed by atoms with Crippen molar-refractivity contribution in [1.29, 1.82) is 0 Å². The molecule has 0 unspecified atom stereocenters. The number of benzene rings is 1. The van der Waals surface area contributed by atoms with Gasteiger partial charge in [-0.25, -0.2) is 4.79 Å². The highest BCUT2D eigenvalue weighted by atomic mass is 16.5. The molecule has 0 aliphatic heterocycles. The summed E-state index contributed by atoms with van der Waals surface area (Å²) < 4.78 is 4.62. The molecule has 2 rings (SSSR count). The van der Waals surface area contributed by atoms with Gasteiger partial charge in [-0.05, 0) is 35.9 Å². The van der Waals surface area contributed by atoms with Crippen molar-refractivity contribution in [3.8, 4) is 0 Å². The smallest absolute Gasteiger partial charge is 0.465 e. The highest BCUT2D eigenvalue weighted by Gasteiger charge is 2.27. The Hall–Kier alpha value is -1.33. The Morgan fingerprint density at radius 2 is 2.12 bits per heavy atom. The molecule has 0 radical (unpaired) electrons. The fraction of sp³-hybridized carbons (Fsp3) is 0.364. The fourth-order valence-corrected chi connectivity index (χ4v) is 1.76. The summed E-state index contributed by atoms with van der Waals surface area (Å²) in [6.45, 7) is 0. The molecular weight excluding hydrogens is 207 g/mol. The molecule has 1 saturated carbocycles. The van der Waals surface area contributed by atoms with Gasteiger partial charge in [0.1, 0.15) is 0 Å². The summed E-state index contributed by atoms with van der Waals surface area (Å²) in [6, 6.07) is 5.10. The minimum atomic E-state index is -1.65. The molecule has 1 fully saturated rings. The van der Waals surface area contributed by atoms with Crippen LogP contribution in [0, 0.1) is 0 Å². The van der Waals surface area contributed by atoms with E-state index in [0.29, 0.717) is 5.92 Å². The van der Waals surface area contributed by atoms with Crippen LogP contribution < -0.4 is 5.46 Å². The molecular formula is C11H13BO4. The average molecular weight is 220 g/mol. The van der Waals surface area contributed by atoms with E-state index in [9.17, 15) is 4.79 Å². The van der Waals surface area contributed by atoms with Crippen molar-refractivity contribution in [3.63, 3.8) is 0 Å². The first kappa shape index (κ1) is 11.2. The molecule has 0 aromatic heterocycles. The number of methoxy groups -OCH3 is 1. The summed E-state index contributed by atoms with van der Waals surface area (Å²) >= 11 is 0. The molecule has 1 aliphatic rings. The lowest BCUT2D eigenvalue weighted by Gasteiger charge is -2.09. The second-order valence-electron chi connectivity index (χ2n) is 3.99. The Labute approximate surface area is 94.0 Å². The first-order chi connectivity index (χ1) is 7.63. The second-order valence-corrected chi connectivity index (χ2v) is 3.99. The van der Waals surface area contributed by atoms with Crippen molar-refractivity contribution in [2.75, 3.05) is 7.11 Å². The van der Waals surface area contributed by atoms with Crippen molar-refractivity contribution in [1.82, 2.24) is 0 Å². The van der Waals surface area contributed by atoms with E-state index < -0.39 is 13.1 Å². The van der Waals surface area contributed by atoms with Gasteiger partial charge in [-0.3, -0.25) is 0 Å². The standard InChI is InChI=1S/C11H13BO4/c1-16-11(13)9-6-8(7-2-3-7)4-5-10(9)12(14)15/h4-7,14-15H,2-3H2,1H3. The van der Waals surface area contributed by atoms with Gasteiger partial charge in [0.15, 0.2) is 0 Å². The summed E-state index contributed by atoms with van der Waals surface area (Å²) in [5, 5.41) is 18.3. The maximum absolute atomic E-state index is 11.5. The van der Waals surface area contributed by atoms with Crippen LogP contribution in [0.25, 0.3) is 0 Å². The molecule has 1 aromatic rings. The Bertz CT molecular complexity index is 412. The summed E-state index contributed by atoms with van der Waals surface area (Å²) in [7, 11) is -0.373. The summed E-state index contributed by atoms with van der Waals surface area (Å²) in [5.74, 6) is -0.0288. The zero-order valence-corrected chi connectivity index (χ0v) is 9.01. The molecule has 84 valence electrons. The van der Waals surface area contributed by atoms with Crippen molar-refractivity contribution in [3.05, 3.63) is 29.3 Å². The third-order valence-electron chi connectivity index (χ3n) is 2.81. The first-order valence-corrected chi connectivity index (χ1v) is 5.21. The Morgan fingerprint density at radius 1 is 1.44 bits per heavy atom. The third kappa shape index (κ3) is 2.10. The van der Waals surface area contributed by atoms with Gasteiger partial charge in [0.2, 0.25) is 0 Å². The molecule has 5 heteroatoms. The first-order valence-electron chi connectivity index (χ1n) is 5.21. The molecule has 0 atom stereocenters. The summed E-state index contributed by atoms with van der Waals surface area (Å²) in [4.78, 5) is 11.5. The molecule has 0 amide bonds. The highest BCUT2D eigenvalue weighted by Crippen LogP contribution is 2.40. The molecule has 16 heavy (non-hydrogen) atoms. The van der Waals surface area contributed by atoms with Gasteiger partial charge >= 0.3 is 13.1 Å². The van der Waals surface area contributed by atoms with Crippen LogP contribution in [0.5, 0.6) is 0 Å². The van der Waals surface area contributed by atoms with Crippen LogP contribution in [0.1, 0.15) is 34.7 Å². The molecule has 0 saturated heterocycles. The lowest BCUT2D eigenvalue weighted by molar-refractivity contribution is 0.0601. The second kappa shape index (κ2) is 4.27. The maximum Gasteiger partial charge on any atom is 0.489 e. The SMILES string of the molecule is COC(=O)c1cc(C2CC2)ccc1B(O)O. The summed E-state index contributed by atoms with van der Waals surface area (Å²) in [6.07, 6.45) is 2.25. The van der Waals surface area contributed by atoms with Gasteiger partial charge in [-0.2, -0.15) is 0 Å². The van der Waals surface area contributed by atoms with Crippen LogP contribution in [0.4, 0.5) is 0 Å². The van der Waals surface area contributed by atoms with E-state index in [1.165, 1.54) is 7.11 Å². The van der Waals surface area contributed by atoms with Crippen LogP contribution in [0.2, 0.25) is 0 Å². The summed E-state index contributed by atoms with van der Waals surface area (Å²) in [5.41, 5.74) is 1.49. The number of hydrogen-bond acceptors (Lipinski definition) is 4. The predicted octanol–water partition coefficient (Wildman–Crippen LogP) is 0.0304. The van der Waals surface area contributed by atoms with E-state index in [4.69, 9.17) is 10.0 Å². The maximum atomic E-state index is 11.5. The monoisotopic (exact) mass is 220 g/mol. The number of carbonyl (C=O) groups is 1. The molecule has 1 aromatic carbocycles. The number of esters is 1. The number of rotatable bonds is 3. The minimum Gasteiger partial charge on any atom is -0.465 e. The van der Waals surface area contributed by atoms with Crippen LogP contribution in [0.15, 0.2) is 18.2 Å². The van der Waals surface area contributed by atoms with E-state index in [-0.39, 0.29) is 11.0 Å². The van der Waals surface area contributed by atoms with E-state index in [1.807, 2.05) is 6.07 Å². The lowest BCUT2D eigenvalue weighted by atomic mass is 9.76. The average Bonchev–Trinajstić information content (AvgIpc) is 3.11. The van der Waals surface area contributed by atoms with Crippen LogP contribution >= 0.6 is 0 Å². The molecule has 0 spiro atoms. The fourth-order valence-electron chi connectivity index (χ4n) is 1.76. The zero-order chi connectivity index (χ0) is 11.7. The van der Waals surface area contributed by atoms with Gasteiger partial charge in [-0.1, -0.05) is 12.1 Å². The molecule has 0 heterocycles. The van der Waals surface area contributed by atoms with Gasteiger partial charge in [0.25, 0.3) is 0 Å². The lowest BCUT2D eigenvalue weighted by Crippen LogP contribution is -2.35. The number of ether oxygens (including phenoxy) is 1. The Balaban J connectivity index is 2.41. The molecule has 2 N–H and O–H groups in total. The van der Waals surface area contributed by atoms with Crippen molar-refractivity contribution in [2.24, 2.45) is 0 Å². The van der Waals surface area contributed by atoms with Crippen molar-refractivity contribution < 1.29 is 19.6 Å². The number of hydrogen-bond donors (Lipinski definition) is 2. The van der Waals surface area contributed by atoms with E-state index in [1.54, 1.807) is 12.1 Å². The van der Waals surface area contributed by atoms with E-state index in [2.05, 4.69) is 4.74 Å². The molecule has 4 nitrogen and oxygen atoms in total. The molecule has 0 bridgehead atoms. The van der Waals surface area contributed by atoms with Gasteiger partial charge in [0, 0.05) is 0 Å². The van der Waals surface area contributed by atoms with Crippen LogP contribution in [-0.2, 0) is 4.74 Å². The number of carbonyl (C=O) groups excluding carboxylic acids is 1. The van der Waals surface area contributed by atoms with Gasteiger partial charge in [-0.15, -0.1) is 0 Å². The Kier molecular flexibility index (Phi) is 2.98. The van der Waals surface area contributed by atoms with Crippen LogP contribution in [0.3, 0.4) is 0 Å². The predicted molar refractivity (Wildman–Crippen MR) is 59.6 cm³/mol. The third-order valence-corrected chi connectivity index (χ3v) is 2.81. The molecule has 1 aliphatic carbocycles. The van der Waals surface area contributed by atoms with Crippen molar-refractivity contribution >= 4 is 18.6 Å². The van der Waals surface area contributed by atoms with E-state index >= 15 is 0 Å². The quantitative estimate of drug-likeness (QED) is 0.557. The topological polar surface area (TPSA) is 66.8 Å². The van der Waals surface area contributed by atoms with E-state index in [0.717, 1.165) is 18.4 Å². The van der Waals surface area contributed by atoms with Gasteiger partial charge in [0.05, 0.1) is 12.7 Å². The largest absolute Gasteiger partial charge is 0.489 e. The Morgan fingerprint density at radius 3 is 2.62 bits per heavy atom. The normalized spacial score (nSPS) is 14.7. The van der Waals surface area contributed by atoms with Gasteiger partial charge < -0.3 is 14.8 Å². The van der Waals surface area contributed by atoms with Crippen LogP contribution in [-0.4, -0.2) is 30.2 Å². The zero-order valence-electron chi connectivity index (χ0n) is 9.01. The highest BCUT2D eigenvalue weighted by molar-refractivity contribution is 6.60. The van der Waals surface area contributed by atoms with Crippen molar-refractivity contribution in [2.45, 2.75) is 18.8 Å².